The second-order valence-corrected chi connectivity index (χ2v) is 5.66. The number of hydrogen-bond acceptors (Lipinski definition) is 3. The van der Waals surface area contributed by atoms with Gasteiger partial charge in [0.05, 0.1) is 12.7 Å². The van der Waals surface area contributed by atoms with Gasteiger partial charge in [0, 0.05) is 12.6 Å². The molecule has 3 heteroatoms. The molecule has 17 heavy (non-hydrogen) atoms. The molecular weight excluding hydrogens is 212 g/mol. The lowest BCUT2D eigenvalue weighted by molar-refractivity contribution is 0.0138. The topological polar surface area (TPSA) is 38.5 Å². The van der Waals surface area contributed by atoms with Crippen LogP contribution in [0.1, 0.15) is 51.4 Å². The van der Waals surface area contributed by atoms with Crippen LogP contribution in [0.4, 0.5) is 0 Å². The Labute approximate surface area is 106 Å². The summed E-state index contributed by atoms with van der Waals surface area (Å²) >= 11 is 0. The van der Waals surface area contributed by atoms with E-state index in [0.29, 0.717) is 12.1 Å². The van der Waals surface area contributed by atoms with E-state index in [2.05, 4.69) is 4.90 Å². The molecule has 0 radical (unpaired) electrons. The van der Waals surface area contributed by atoms with Crippen molar-refractivity contribution in [3.05, 3.63) is 0 Å². The molecule has 1 saturated carbocycles. The van der Waals surface area contributed by atoms with Crippen LogP contribution >= 0.6 is 0 Å². The standard InChI is InChI=1S/C14H28N2O/c15-13-5-7-14(8-6-13)17-12-11-16-9-3-1-2-4-10-16/h13-14H,1-12,15H2. The molecule has 0 spiro atoms. The van der Waals surface area contributed by atoms with Crippen molar-refractivity contribution in [2.75, 3.05) is 26.2 Å². The summed E-state index contributed by atoms with van der Waals surface area (Å²) in [7, 11) is 0. The summed E-state index contributed by atoms with van der Waals surface area (Å²) in [6.07, 6.45) is 10.7. The highest BCUT2D eigenvalue weighted by Gasteiger charge is 2.19. The minimum atomic E-state index is 0.431. The zero-order valence-corrected chi connectivity index (χ0v) is 11.1. The van der Waals surface area contributed by atoms with Crippen LogP contribution in [0.5, 0.6) is 0 Å². The molecule has 0 atom stereocenters. The van der Waals surface area contributed by atoms with Crippen molar-refractivity contribution < 1.29 is 4.74 Å². The van der Waals surface area contributed by atoms with Gasteiger partial charge in [-0.15, -0.1) is 0 Å². The average Bonchev–Trinajstić information content (AvgIpc) is 2.60. The van der Waals surface area contributed by atoms with Crippen LogP contribution in [0.3, 0.4) is 0 Å². The Hall–Kier alpha value is -0.120. The summed E-state index contributed by atoms with van der Waals surface area (Å²) in [5, 5.41) is 0. The largest absolute Gasteiger partial charge is 0.377 e. The molecule has 1 aliphatic carbocycles. The predicted octanol–water partition coefficient (Wildman–Crippen LogP) is 2.15. The Balaban J connectivity index is 1.55. The molecule has 2 aliphatic rings. The lowest BCUT2D eigenvalue weighted by atomic mass is 9.94. The molecule has 0 aromatic carbocycles. The van der Waals surface area contributed by atoms with E-state index in [1.807, 2.05) is 0 Å². The molecule has 0 unspecified atom stereocenters. The van der Waals surface area contributed by atoms with Gasteiger partial charge in [0.25, 0.3) is 0 Å². The van der Waals surface area contributed by atoms with Crippen molar-refractivity contribution >= 4 is 0 Å². The van der Waals surface area contributed by atoms with E-state index in [9.17, 15) is 0 Å². The molecule has 1 heterocycles. The molecular formula is C14H28N2O. The third-order valence-electron chi connectivity index (χ3n) is 4.18. The van der Waals surface area contributed by atoms with Gasteiger partial charge in [0.1, 0.15) is 0 Å². The average molecular weight is 240 g/mol. The lowest BCUT2D eigenvalue weighted by Crippen LogP contribution is -2.33. The minimum absolute atomic E-state index is 0.431. The highest BCUT2D eigenvalue weighted by atomic mass is 16.5. The van der Waals surface area contributed by atoms with Crippen molar-refractivity contribution in [1.29, 1.82) is 0 Å². The van der Waals surface area contributed by atoms with Gasteiger partial charge in [-0.25, -0.2) is 0 Å². The molecule has 2 fully saturated rings. The highest BCUT2D eigenvalue weighted by molar-refractivity contribution is 4.74. The van der Waals surface area contributed by atoms with Crippen LogP contribution < -0.4 is 5.73 Å². The first-order valence-electron chi connectivity index (χ1n) is 7.44. The quantitative estimate of drug-likeness (QED) is 0.818. The van der Waals surface area contributed by atoms with Crippen LogP contribution in [0.15, 0.2) is 0 Å². The summed E-state index contributed by atoms with van der Waals surface area (Å²) in [5.41, 5.74) is 5.90. The Morgan fingerprint density at radius 3 is 2.24 bits per heavy atom. The Bertz CT molecular complexity index is 194. The smallest absolute Gasteiger partial charge is 0.0597 e. The number of nitrogens with zero attached hydrogens (tertiary/aromatic N) is 1. The van der Waals surface area contributed by atoms with Crippen molar-refractivity contribution in [3.8, 4) is 0 Å². The van der Waals surface area contributed by atoms with Crippen LogP contribution in [-0.2, 0) is 4.74 Å². The summed E-state index contributed by atoms with van der Waals surface area (Å²) in [5.74, 6) is 0. The molecule has 1 aliphatic heterocycles. The van der Waals surface area contributed by atoms with Gasteiger partial charge in [0.15, 0.2) is 0 Å². The number of hydrogen-bond donors (Lipinski definition) is 1. The van der Waals surface area contributed by atoms with Gasteiger partial charge in [-0.3, -0.25) is 0 Å². The molecule has 2 N–H and O–H groups in total. The summed E-state index contributed by atoms with van der Waals surface area (Å²) in [6.45, 7) is 4.60. The molecule has 0 amide bonds. The van der Waals surface area contributed by atoms with Gasteiger partial charge >= 0.3 is 0 Å². The Kier molecular flexibility index (Phi) is 5.75. The maximum atomic E-state index is 5.98. The first-order valence-corrected chi connectivity index (χ1v) is 7.44. The SMILES string of the molecule is NC1CCC(OCCN2CCCCCC2)CC1. The van der Waals surface area contributed by atoms with E-state index in [1.165, 1.54) is 51.6 Å². The second-order valence-electron chi connectivity index (χ2n) is 5.66. The third kappa shape index (κ3) is 4.94. The van der Waals surface area contributed by atoms with Crippen LogP contribution in [0, 0.1) is 0 Å². The normalized spacial score (nSPS) is 32.3. The molecule has 0 aromatic rings. The fourth-order valence-corrected chi connectivity index (χ4v) is 2.96. The lowest BCUT2D eigenvalue weighted by Gasteiger charge is -2.27. The summed E-state index contributed by atoms with van der Waals surface area (Å²) in [6, 6.07) is 0.431. The first-order chi connectivity index (χ1) is 8.34. The number of likely N-dealkylation sites (tertiary alicyclic amines) is 1. The van der Waals surface area contributed by atoms with Gasteiger partial charge in [0.2, 0.25) is 0 Å². The monoisotopic (exact) mass is 240 g/mol. The van der Waals surface area contributed by atoms with Crippen molar-refractivity contribution in [2.24, 2.45) is 5.73 Å². The van der Waals surface area contributed by atoms with E-state index in [4.69, 9.17) is 10.5 Å². The summed E-state index contributed by atoms with van der Waals surface area (Å²) in [4.78, 5) is 2.57. The van der Waals surface area contributed by atoms with E-state index in [0.717, 1.165) is 26.0 Å². The molecule has 100 valence electrons. The van der Waals surface area contributed by atoms with Gasteiger partial charge in [-0.05, 0) is 51.6 Å². The Morgan fingerprint density at radius 1 is 0.941 bits per heavy atom. The molecule has 2 rings (SSSR count). The third-order valence-corrected chi connectivity index (χ3v) is 4.18. The second kappa shape index (κ2) is 7.34. The molecule has 0 aromatic heterocycles. The van der Waals surface area contributed by atoms with Crippen molar-refractivity contribution in [3.63, 3.8) is 0 Å². The first kappa shape index (κ1) is 13.3. The van der Waals surface area contributed by atoms with Crippen molar-refractivity contribution in [2.45, 2.75) is 63.5 Å². The van der Waals surface area contributed by atoms with E-state index >= 15 is 0 Å². The van der Waals surface area contributed by atoms with Crippen LogP contribution in [0.25, 0.3) is 0 Å². The van der Waals surface area contributed by atoms with Gasteiger partial charge < -0.3 is 15.4 Å². The minimum Gasteiger partial charge on any atom is -0.377 e. The zero-order chi connectivity index (χ0) is 11.9. The number of nitrogens with two attached hydrogens (primary N) is 1. The molecule has 1 saturated heterocycles. The van der Waals surface area contributed by atoms with E-state index in [1.54, 1.807) is 0 Å². The van der Waals surface area contributed by atoms with Crippen molar-refractivity contribution in [1.82, 2.24) is 4.90 Å². The number of ether oxygens (including phenoxy) is 1. The van der Waals surface area contributed by atoms with Crippen LogP contribution in [-0.4, -0.2) is 43.3 Å². The Morgan fingerprint density at radius 2 is 1.59 bits per heavy atom. The van der Waals surface area contributed by atoms with Gasteiger partial charge in [-0.2, -0.15) is 0 Å². The maximum absolute atomic E-state index is 5.98. The summed E-state index contributed by atoms with van der Waals surface area (Å²) < 4.78 is 5.98. The van der Waals surface area contributed by atoms with E-state index in [-0.39, 0.29) is 0 Å². The van der Waals surface area contributed by atoms with Gasteiger partial charge in [-0.1, -0.05) is 12.8 Å². The van der Waals surface area contributed by atoms with Crippen LogP contribution in [0.2, 0.25) is 0 Å². The maximum Gasteiger partial charge on any atom is 0.0597 e. The van der Waals surface area contributed by atoms with E-state index < -0.39 is 0 Å². The fraction of sp³-hybridized carbons (Fsp3) is 1.00. The number of rotatable bonds is 4. The molecule has 0 bridgehead atoms. The zero-order valence-electron chi connectivity index (χ0n) is 11.1. The predicted molar refractivity (Wildman–Crippen MR) is 71.1 cm³/mol. The molecule has 3 nitrogen and oxygen atoms in total. The highest BCUT2D eigenvalue weighted by Crippen LogP contribution is 2.19. The fourth-order valence-electron chi connectivity index (χ4n) is 2.96.